The van der Waals surface area contributed by atoms with Crippen LogP contribution in [0.25, 0.3) is 0 Å². The number of hydrogen-bond acceptors (Lipinski definition) is 2. The quantitative estimate of drug-likeness (QED) is 0.730. The molecule has 0 aliphatic heterocycles. The fraction of sp³-hybridized carbons (Fsp3) is 0.0667. The van der Waals surface area contributed by atoms with Gasteiger partial charge in [0, 0.05) is 22.3 Å². The fourth-order valence-electron chi connectivity index (χ4n) is 1.68. The van der Waals surface area contributed by atoms with Crippen LogP contribution < -0.4 is 16.4 Å². The maximum atomic E-state index is 11.0. The Morgan fingerprint density at radius 3 is 2.29 bits per heavy atom. The number of amides is 1. The van der Waals surface area contributed by atoms with E-state index in [9.17, 15) is 4.79 Å². The smallest absolute Gasteiger partial charge is 0.248 e. The molecule has 0 unspecified atom stereocenters. The maximum Gasteiger partial charge on any atom is 0.248 e. The van der Waals surface area contributed by atoms with E-state index in [1.807, 2.05) is 24.3 Å². The number of carbonyl (C=O) groups excluding carboxylic acids is 1. The first kappa shape index (κ1) is 15.5. The van der Waals surface area contributed by atoms with Crippen LogP contribution in [0.2, 0.25) is 0 Å². The highest BCUT2D eigenvalue weighted by molar-refractivity contribution is 9.10. The first-order valence-electron chi connectivity index (χ1n) is 6.24. The predicted molar refractivity (Wildman–Crippen MR) is 92.2 cm³/mol. The number of nitrogens with one attached hydrogen (secondary N) is 2. The summed E-state index contributed by atoms with van der Waals surface area (Å²) in [7, 11) is 0. The first-order chi connectivity index (χ1) is 10.0. The van der Waals surface area contributed by atoms with Gasteiger partial charge in [-0.2, -0.15) is 0 Å². The fourth-order valence-corrected chi connectivity index (χ4v) is 2.13. The van der Waals surface area contributed by atoms with Gasteiger partial charge in [0.1, 0.15) is 0 Å². The van der Waals surface area contributed by atoms with Gasteiger partial charge in [0.15, 0.2) is 5.11 Å². The van der Waals surface area contributed by atoms with Crippen LogP contribution in [0, 0.1) is 0 Å². The Morgan fingerprint density at radius 2 is 1.71 bits per heavy atom. The molecule has 0 aromatic heterocycles. The van der Waals surface area contributed by atoms with Crippen LogP contribution in [0.5, 0.6) is 0 Å². The van der Waals surface area contributed by atoms with Crippen LogP contribution in [0.15, 0.2) is 53.0 Å². The lowest BCUT2D eigenvalue weighted by molar-refractivity contribution is 0.100. The van der Waals surface area contributed by atoms with E-state index in [2.05, 4.69) is 26.6 Å². The first-order valence-corrected chi connectivity index (χ1v) is 7.44. The second-order valence-corrected chi connectivity index (χ2v) is 5.70. The lowest BCUT2D eigenvalue weighted by atomic mass is 10.2. The molecular weight excluding hydrogens is 350 g/mol. The highest BCUT2D eigenvalue weighted by Gasteiger charge is 2.01. The summed E-state index contributed by atoms with van der Waals surface area (Å²) in [5.41, 5.74) is 7.58. The van der Waals surface area contributed by atoms with E-state index in [0.717, 1.165) is 15.7 Å². The molecule has 2 rings (SSSR count). The van der Waals surface area contributed by atoms with Gasteiger partial charge in [-0.15, -0.1) is 0 Å². The Morgan fingerprint density at radius 1 is 1.10 bits per heavy atom. The minimum Gasteiger partial charge on any atom is -0.366 e. The van der Waals surface area contributed by atoms with E-state index < -0.39 is 5.91 Å². The summed E-state index contributed by atoms with van der Waals surface area (Å²) in [5.74, 6) is -0.447. The molecule has 0 heterocycles. The number of benzene rings is 2. The van der Waals surface area contributed by atoms with Gasteiger partial charge >= 0.3 is 0 Å². The number of halogens is 1. The standard InChI is InChI=1S/C15H14BrN3OS/c16-12-5-1-10(2-6-12)9-18-15(21)19-13-7-3-11(4-8-13)14(17)20/h1-8H,9H2,(H2,17,20)(H2,18,19,21). The second-order valence-electron chi connectivity index (χ2n) is 4.38. The molecule has 4 nitrogen and oxygen atoms in total. The number of carbonyl (C=O) groups is 1. The average molecular weight is 364 g/mol. The lowest BCUT2D eigenvalue weighted by Gasteiger charge is -2.11. The normalized spacial score (nSPS) is 9.95. The second kappa shape index (κ2) is 7.19. The lowest BCUT2D eigenvalue weighted by Crippen LogP contribution is -2.27. The van der Waals surface area contributed by atoms with E-state index in [1.54, 1.807) is 24.3 Å². The van der Waals surface area contributed by atoms with Crippen molar-refractivity contribution in [1.29, 1.82) is 0 Å². The van der Waals surface area contributed by atoms with Crippen molar-refractivity contribution in [2.45, 2.75) is 6.54 Å². The van der Waals surface area contributed by atoms with Gasteiger partial charge in [-0.1, -0.05) is 28.1 Å². The van der Waals surface area contributed by atoms with Gasteiger partial charge in [-0.3, -0.25) is 4.79 Å². The highest BCUT2D eigenvalue weighted by Crippen LogP contribution is 2.11. The molecule has 0 saturated heterocycles. The number of hydrogen-bond donors (Lipinski definition) is 3. The largest absolute Gasteiger partial charge is 0.366 e. The zero-order chi connectivity index (χ0) is 15.2. The summed E-state index contributed by atoms with van der Waals surface area (Å²) in [4.78, 5) is 11.0. The summed E-state index contributed by atoms with van der Waals surface area (Å²) in [6, 6.07) is 14.8. The molecule has 21 heavy (non-hydrogen) atoms. The molecule has 2 aromatic carbocycles. The molecule has 6 heteroatoms. The van der Waals surface area contributed by atoms with Crippen molar-refractivity contribution in [2.75, 3.05) is 5.32 Å². The maximum absolute atomic E-state index is 11.0. The van der Waals surface area contributed by atoms with Crippen molar-refractivity contribution in [3.8, 4) is 0 Å². The Bertz CT molecular complexity index is 641. The summed E-state index contributed by atoms with van der Waals surface area (Å²) < 4.78 is 1.04. The van der Waals surface area contributed by atoms with E-state index in [4.69, 9.17) is 18.0 Å². The Hall–Kier alpha value is -1.92. The van der Waals surface area contributed by atoms with E-state index in [1.165, 1.54) is 0 Å². The van der Waals surface area contributed by atoms with Crippen LogP contribution >= 0.6 is 28.1 Å². The van der Waals surface area contributed by atoms with E-state index in [-0.39, 0.29) is 0 Å². The summed E-state index contributed by atoms with van der Waals surface area (Å²) in [6.45, 7) is 0.637. The van der Waals surface area contributed by atoms with Crippen molar-refractivity contribution in [3.05, 3.63) is 64.1 Å². The monoisotopic (exact) mass is 363 g/mol. The average Bonchev–Trinajstić information content (AvgIpc) is 2.47. The molecule has 4 N–H and O–H groups in total. The molecule has 0 spiro atoms. The number of anilines is 1. The van der Waals surface area contributed by atoms with Gasteiger partial charge in [-0.05, 0) is 54.2 Å². The van der Waals surface area contributed by atoms with Crippen molar-refractivity contribution in [1.82, 2.24) is 5.32 Å². The van der Waals surface area contributed by atoms with Crippen molar-refractivity contribution in [3.63, 3.8) is 0 Å². The summed E-state index contributed by atoms with van der Waals surface area (Å²) >= 11 is 8.62. The Labute approximate surface area is 136 Å². The number of rotatable bonds is 4. The van der Waals surface area contributed by atoms with Gasteiger partial charge < -0.3 is 16.4 Å². The molecule has 0 saturated carbocycles. The molecule has 108 valence electrons. The Kier molecular flexibility index (Phi) is 5.30. The molecule has 0 aliphatic rings. The van der Waals surface area contributed by atoms with Crippen LogP contribution in [0.4, 0.5) is 5.69 Å². The third kappa shape index (κ3) is 4.84. The van der Waals surface area contributed by atoms with Crippen LogP contribution in [0.3, 0.4) is 0 Å². The Balaban J connectivity index is 1.86. The van der Waals surface area contributed by atoms with Gasteiger partial charge in [0.2, 0.25) is 5.91 Å². The van der Waals surface area contributed by atoms with Gasteiger partial charge in [0.05, 0.1) is 0 Å². The minimum absolute atomic E-state index is 0.447. The zero-order valence-electron chi connectivity index (χ0n) is 11.1. The van der Waals surface area contributed by atoms with Crippen LogP contribution in [-0.2, 0) is 6.54 Å². The molecule has 0 aliphatic carbocycles. The van der Waals surface area contributed by atoms with Crippen molar-refractivity contribution >= 4 is 44.9 Å². The van der Waals surface area contributed by atoms with Gasteiger partial charge in [-0.25, -0.2) is 0 Å². The molecule has 0 atom stereocenters. The molecule has 1 amide bonds. The van der Waals surface area contributed by atoms with Crippen molar-refractivity contribution < 1.29 is 4.79 Å². The van der Waals surface area contributed by atoms with Crippen molar-refractivity contribution in [2.24, 2.45) is 5.73 Å². The highest BCUT2D eigenvalue weighted by atomic mass is 79.9. The number of nitrogens with two attached hydrogens (primary N) is 1. The van der Waals surface area contributed by atoms with Gasteiger partial charge in [0.25, 0.3) is 0 Å². The zero-order valence-corrected chi connectivity index (χ0v) is 13.5. The van der Waals surface area contributed by atoms with E-state index in [0.29, 0.717) is 17.2 Å². The molecular formula is C15H14BrN3OS. The summed E-state index contributed by atoms with van der Waals surface area (Å²) in [5, 5.41) is 6.68. The molecule has 0 radical (unpaired) electrons. The summed E-state index contributed by atoms with van der Waals surface area (Å²) in [6.07, 6.45) is 0. The molecule has 0 bridgehead atoms. The molecule has 0 fully saturated rings. The SMILES string of the molecule is NC(=O)c1ccc(NC(=S)NCc2ccc(Br)cc2)cc1. The predicted octanol–water partition coefficient (Wildman–Crippen LogP) is 3.03. The third-order valence-corrected chi connectivity index (χ3v) is 3.57. The van der Waals surface area contributed by atoms with Crippen LogP contribution in [-0.4, -0.2) is 11.0 Å². The van der Waals surface area contributed by atoms with Crippen LogP contribution in [0.1, 0.15) is 15.9 Å². The molecule has 2 aromatic rings. The third-order valence-electron chi connectivity index (χ3n) is 2.79. The topological polar surface area (TPSA) is 67.2 Å². The number of primary amides is 1. The van der Waals surface area contributed by atoms with E-state index >= 15 is 0 Å². The number of thiocarbonyl (C=S) groups is 1. The minimum atomic E-state index is -0.447.